The number of carbonyl (C=O) groups excluding carboxylic acids is 2. The standard InChI is InChI=1S/C28H24NO2P.BrH/c1-22(30)29-24-19-17-23(18-20-24)28(31)21-32(25-11-5-2-6-12-25,26-13-7-3-8-14-26)27-15-9-4-10-16-27;/h2-20H,21H2,1H3;1H. The minimum absolute atomic E-state index is 0. The van der Waals surface area contributed by atoms with Gasteiger partial charge < -0.3 is 22.3 Å². The van der Waals surface area contributed by atoms with E-state index >= 15 is 0 Å². The number of nitrogens with one attached hydrogen (secondary N) is 1. The first-order chi connectivity index (χ1) is 15.6. The van der Waals surface area contributed by atoms with Gasteiger partial charge in [-0.1, -0.05) is 54.6 Å². The van der Waals surface area contributed by atoms with Gasteiger partial charge in [-0.2, -0.15) is 0 Å². The van der Waals surface area contributed by atoms with Crippen molar-refractivity contribution in [2.75, 3.05) is 11.5 Å². The van der Waals surface area contributed by atoms with E-state index in [-0.39, 0.29) is 28.7 Å². The molecule has 0 bridgehead atoms. The molecule has 0 aliphatic carbocycles. The SMILES string of the molecule is CC(=O)Nc1ccc(C(=O)C[P+](c2ccccc2)(c2ccccc2)c2ccccc2)cc1.[Br-]. The van der Waals surface area contributed by atoms with E-state index in [9.17, 15) is 9.59 Å². The van der Waals surface area contributed by atoms with Crippen LogP contribution in [0.15, 0.2) is 115 Å². The molecule has 0 aromatic heterocycles. The van der Waals surface area contributed by atoms with E-state index in [2.05, 4.69) is 41.7 Å². The summed E-state index contributed by atoms with van der Waals surface area (Å²) < 4.78 is 0. The van der Waals surface area contributed by atoms with E-state index < -0.39 is 7.26 Å². The fraction of sp³-hybridized carbons (Fsp3) is 0.0714. The first-order valence-electron chi connectivity index (χ1n) is 10.6. The summed E-state index contributed by atoms with van der Waals surface area (Å²) in [6.07, 6.45) is 0.393. The first-order valence-corrected chi connectivity index (χ1v) is 12.5. The van der Waals surface area contributed by atoms with Gasteiger partial charge in [0.15, 0.2) is 0 Å². The molecule has 1 N–H and O–H groups in total. The van der Waals surface area contributed by atoms with Crippen LogP contribution in [0.4, 0.5) is 5.69 Å². The highest BCUT2D eigenvalue weighted by atomic mass is 79.9. The Morgan fingerprint density at radius 1 is 0.636 bits per heavy atom. The van der Waals surface area contributed by atoms with Crippen molar-refractivity contribution in [3.8, 4) is 0 Å². The number of halogens is 1. The van der Waals surface area contributed by atoms with Gasteiger partial charge in [0, 0.05) is 18.2 Å². The number of carbonyl (C=O) groups is 2. The summed E-state index contributed by atoms with van der Waals surface area (Å²) in [7, 11) is -2.23. The second-order valence-electron chi connectivity index (χ2n) is 7.66. The van der Waals surface area contributed by atoms with Crippen LogP contribution in [0.3, 0.4) is 0 Å². The maximum atomic E-state index is 13.7. The molecule has 0 atom stereocenters. The molecule has 0 radical (unpaired) electrons. The van der Waals surface area contributed by atoms with E-state index in [4.69, 9.17) is 0 Å². The maximum Gasteiger partial charge on any atom is 0.221 e. The zero-order chi connectivity index (χ0) is 22.4. The van der Waals surface area contributed by atoms with Crippen LogP contribution in [0.2, 0.25) is 0 Å². The Balaban J connectivity index is 0.00000306. The van der Waals surface area contributed by atoms with Crippen molar-refractivity contribution in [1.82, 2.24) is 0 Å². The number of ketones is 1. The lowest BCUT2D eigenvalue weighted by atomic mass is 10.1. The Morgan fingerprint density at radius 3 is 1.39 bits per heavy atom. The highest BCUT2D eigenvalue weighted by molar-refractivity contribution is 7.96. The first kappa shape index (κ1) is 24.6. The maximum absolute atomic E-state index is 13.7. The predicted octanol–water partition coefficient (Wildman–Crippen LogP) is 1.83. The van der Waals surface area contributed by atoms with Gasteiger partial charge in [-0.05, 0) is 60.7 Å². The van der Waals surface area contributed by atoms with Crippen LogP contribution in [0.5, 0.6) is 0 Å². The van der Waals surface area contributed by atoms with E-state index in [1.807, 2.05) is 54.6 Å². The van der Waals surface area contributed by atoms with E-state index in [0.717, 1.165) is 0 Å². The molecule has 166 valence electrons. The molecule has 0 spiro atoms. The van der Waals surface area contributed by atoms with Crippen molar-refractivity contribution in [3.63, 3.8) is 0 Å². The molecule has 1 amide bonds. The lowest BCUT2D eigenvalue weighted by Crippen LogP contribution is -3.00. The monoisotopic (exact) mass is 517 g/mol. The van der Waals surface area contributed by atoms with E-state index in [1.54, 1.807) is 24.3 Å². The van der Waals surface area contributed by atoms with Crippen molar-refractivity contribution in [1.29, 1.82) is 0 Å². The third kappa shape index (κ3) is 5.47. The van der Waals surface area contributed by atoms with Gasteiger partial charge in [-0.15, -0.1) is 0 Å². The van der Waals surface area contributed by atoms with Gasteiger partial charge in [0.25, 0.3) is 0 Å². The molecule has 0 saturated heterocycles. The minimum atomic E-state index is -2.23. The van der Waals surface area contributed by atoms with Gasteiger partial charge in [0.2, 0.25) is 11.7 Å². The summed E-state index contributed by atoms with van der Waals surface area (Å²) in [6, 6.07) is 38.3. The average Bonchev–Trinajstić information content (AvgIpc) is 2.84. The van der Waals surface area contributed by atoms with Crippen LogP contribution < -0.4 is 38.2 Å². The molecule has 4 aromatic rings. The van der Waals surface area contributed by atoms with E-state index in [0.29, 0.717) is 17.4 Å². The zero-order valence-corrected chi connectivity index (χ0v) is 20.8. The lowest BCUT2D eigenvalue weighted by Gasteiger charge is -2.27. The smallest absolute Gasteiger partial charge is 0.221 e. The molecule has 3 nitrogen and oxygen atoms in total. The molecule has 0 aliphatic rings. The van der Waals surface area contributed by atoms with Crippen molar-refractivity contribution in [3.05, 3.63) is 121 Å². The van der Waals surface area contributed by atoms with Gasteiger partial charge in [-0.3, -0.25) is 9.59 Å². The number of benzene rings is 4. The van der Waals surface area contributed by atoms with Gasteiger partial charge in [0.1, 0.15) is 29.3 Å². The third-order valence-electron chi connectivity index (χ3n) is 5.50. The Kier molecular flexibility index (Phi) is 8.32. The summed E-state index contributed by atoms with van der Waals surface area (Å²) >= 11 is 0. The Bertz CT molecular complexity index is 1100. The Labute approximate surface area is 206 Å². The van der Waals surface area contributed by atoms with Gasteiger partial charge >= 0.3 is 0 Å². The highest BCUT2D eigenvalue weighted by Crippen LogP contribution is 2.55. The second kappa shape index (κ2) is 11.2. The molecule has 4 rings (SSSR count). The number of rotatable bonds is 7. The largest absolute Gasteiger partial charge is 1.00 e. The van der Waals surface area contributed by atoms with E-state index in [1.165, 1.54) is 22.8 Å². The Morgan fingerprint density at radius 2 is 1.03 bits per heavy atom. The summed E-state index contributed by atoms with van der Waals surface area (Å²) in [4.78, 5) is 25.0. The zero-order valence-electron chi connectivity index (χ0n) is 18.3. The molecule has 0 unspecified atom stereocenters. The number of anilines is 1. The normalized spacial score (nSPS) is 10.7. The van der Waals surface area contributed by atoms with Crippen LogP contribution in [0.25, 0.3) is 0 Å². The van der Waals surface area contributed by atoms with Crippen LogP contribution in [-0.4, -0.2) is 17.9 Å². The van der Waals surface area contributed by atoms with Crippen molar-refractivity contribution >= 4 is 40.6 Å². The molecule has 0 fully saturated rings. The van der Waals surface area contributed by atoms with Gasteiger partial charge in [0.05, 0.1) is 0 Å². The molecule has 4 aromatic carbocycles. The lowest BCUT2D eigenvalue weighted by molar-refractivity contribution is -0.114. The van der Waals surface area contributed by atoms with Gasteiger partial charge in [-0.25, -0.2) is 0 Å². The quantitative estimate of drug-likeness (QED) is 0.300. The number of hydrogen-bond acceptors (Lipinski definition) is 2. The summed E-state index contributed by atoms with van der Waals surface area (Å²) in [5.41, 5.74) is 1.33. The molecule has 0 heterocycles. The minimum Gasteiger partial charge on any atom is -1.00 e. The second-order valence-corrected chi connectivity index (χ2v) is 11.1. The number of amides is 1. The molecule has 0 aliphatic heterocycles. The van der Waals surface area contributed by atoms with Crippen molar-refractivity contribution in [2.45, 2.75) is 6.92 Å². The summed E-state index contributed by atoms with van der Waals surface area (Å²) in [5.74, 6) is -0.0458. The van der Waals surface area contributed by atoms with Crippen molar-refractivity contribution in [2.24, 2.45) is 0 Å². The summed E-state index contributed by atoms with van der Waals surface area (Å²) in [6.45, 7) is 1.47. The average molecular weight is 518 g/mol. The molecule has 33 heavy (non-hydrogen) atoms. The van der Waals surface area contributed by atoms with Crippen LogP contribution in [-0.2, 0) is 4.79 Å². The fourth-order valence-electron chi connectivity index (χ4n) is 4.02. The Hall–Kier alpha value is -3.07. The highest BCUT2D eigenvalue weighted by Gasteiger charge is 2.47. The van der Waals surface area contributed by atoms with Crippen LogP contribution in [0, 0.1) is 0 Å². The predicted molar refractivity (Wildman–Crippen MR) is 135 cm³/mol. The molecular weight excluding hydrogens is 493 g/mol. The molecule has 0 saturated carbocycles. The topological polar surface area (TPSA) is 46.2 Å². The molecule has 5 heteroatoms. The van der Waals surface area contributed by atoms with Crippen LogP contribution >= 0.6 is 7.26 Å². The summed E-state index contributed by atoms with van der Waals surface area (Å²) in [5, 5.41) is 6.30. The van der Waals surface area contributed by atoms with Crippen molar-refractivity contribution < 1.29 is 26.6 Å². The number of Topliss-reactive ketones (excluding diaryl/α,β-unsaturated/α-hetero) is 1. The third-order valence-corrected chi connectivity index (χ3v) is 9.80. The fourth-order valence-corrected chi connectivity index (χ4v) is 8.12. The molecular formula is C28H25BrNO2P. The number of hydrogen-bond donors (Lipinski definition) is 1. The van der Waals surface area contributed by atoms with Crippen LogP contribution in [0.1, 0.15) is 17.3 Å².